The third-order valence-corrected chi connectivity index (χ3v) is 9.10. The second kappa shape index (κ2) is 8.76. The molecule has 1 unspecified atom stereocenters. The first kappa shape index (κ1) is 21.5. The number of hydrogen-bond donors (Lipinski definition) is 1. The fourth-order valence-corrected chi connectivity index (χ4v) is 7.24. The minimum absolute atomic E-state index is 0.0107. The molecule has 0 spiro atoms. The molecule has 1 atom stereocenters. The number of nitrogens with zero attached hydrogens (tertiary/aromatic N) is 3. The molecular formula is C20H28N4O4S2. The number of piperidine rings is 1. The van der Waals surface area contributed by atoms with Gasteiger partial charge in [0.15, 0.2) is 0 Å². The third-order valence-electron chi connectivity index (χ3n) is 5.94. The van der Waals surface area contributed by atoms with Crippen LogP contribution in [0.3, 0.4) is 0 Å². The van der Waals surface area contributed by atoms with Crippen molar-refractivity contribution < 1.29 is 17.7 Å². The van der Waals surface area contributed by atoms with Gasteiger partial charge in [0.2, 0.25) is 27.6 Å². The molecule has 2 fully saturated rings. The number of rotatable bonds is 6. The average molecular weight is 453 g/mol. The molecule has 8 nitrogen and oxygen atoms in total. The van der Waals surface area contributed by atoms with Crippen molar-refractivity contribution in [3.05, 3.63) is 16.8 Å². The van der Waals surface area contributed by atoms with Crippen LogP contribution in [-0.4, -0.2) is 47.9 Å². The number of hydrogen-bond acceptors (Lipinski definition) is 7. The summed E-state index contributed by atoms with van der Waals surface area (Å²) in [7, 11) is -3.69. The number of aromatic nitrogens is 2. The minimum atomic E-state index is -3.69. The lowest BCUT2D eigenvalue weighted by Crippen LogP contribution is -2.47. The van der Waals surface area contributed by atoms with Crippen molar-refractivity contribution >= 4 is 27.3 Å². The van der Waals surface area contributed by atoms with Crippen LogP contribution in [0.2, 0.25) is 0 Å². The fraction of sp³-hybridized carbons (Fsp3) is 0.650. The second-order valence-electron chi connectivity index (χ2n) is 8.09. The van der Waals surface area contributed by atoms with Gasteiger partial charge in [0, 0.05) is 30.4 Å². The van der Waals surface area contributed by atoms with Crippen LogP contribution in [0.25, 0.3) is 10.7 Å². The SMILES string of the molecule is CCc1nc(-c2cc(S(=O)(=O)N3CCCC(C(=O)NC4CCCC4)C3)c(C)s2)no1. The molecule has 4 rings (SSSR count). The van der Waals surface area contributed by atoms with Gasteiger partial charge < -0.3 is 9.84 Å². The number of thiophene rings is 1. The third kappa shape index (κ3) is 4.31. The summed E-state index contributed by atoms with van der Waals surface area (Å²) in [5.74, 6) is 0.627. The van der Waals surface area contributed by atoms with Crippen molar-refractivity contribution in [3.63, 3.8) is 0 Å². The van der Waals surface area contributed by atoms with Gasteiger partial charge in [0.1, 0.15) is 0 Å². The molecule has 1 amide bonds. The Balaban J connectivity index is 1.50. The van der Waals surface area contributed by atoms with E-state index >= 15 is 0 Å². The predicted molar refractivity (Wildman–Crippen MR) is 114 cm³/mol. The smallest absolute Gasteiger partial charge is 0.244 e. The Labute approximate surface area is 181 Å². The fourth-order valence-electron chi connectivity index (χ4n) is 4.23. The number of carbonyl (C=O) groups is 1. The van der Waals surface area contributed by atoms with Crippen molar-refractivity contribution in [2.75, 3.05) is 13.1 Å². The summed E-state index contributed by atoms with van der Waals surface area (Å²) < 4.78 is 33.3. The van der Waals surface area contributed by atoms with Crippen molar-refractivity contribution in [1.29, 1.82) is 0 Å². The van der Waals surface area contributed by atoms with Crippen LogP contribution < -0.4 is 5.32 Å². The van der Waals surface area contributed by atoms with E-state index in [4.69, 9.17) is 4.52 Å². The molecule has 0 radical (unpaired) electrons. The molecule has 0 aromatic carbocycles. The first-order valence-electron chi connectivity index (χ1n) is 10.6. The van der Waals surface area contributed by atoms with E-state index in [0.29, 0.717) is 40.9 Å². The molecule has 0 bridgehead atoms. The largest absolute Gasteiger partial charge is 0.353 e. The maximum atomic E-state index is 13.4. The summed E-state index contributed by atoms with van der Waals surface area (Å²) in [6.45, 7) is 4.37. The Morgan fingerprint density at radius 1 is 1.30 bits per heavy atom. The number of amides is 1. The normalized spacial score (nSPS) is 21.2. The molecule has 1 N–H and O–H groups in total. The van der Waals surface area contributed by atoms with Gasteiger partial charge in [-0.25, -0.2) is 8.42 Å². The minimum Gasteiger partial charge on any atom is -0.353 e. The molecule has 2 aromatic rings. The zero-order chi connectivity index (χ0) is 21.3. The predicted octanol–water partition coefficient (Wildman–Crippen LogP) is 3.13. The Kier molecular flexibility index (Phi) is 6.26. The van der Waals surface area contributed by atoms with Gasteiger partial charge in [-0.1, -0.05) is 24.9 Å². The molecule has 1 saturated carbocycles. The molecule has 164 valence electrons. The average Bonchev–Trinajstić information content (AvgIpc) is 3.48. The summed E-state index contributed by atoms with van der Waals surface area (Å²) in [5, 5.41) is 7.07. The van der Waals surface area contributed by atoms with Gasteiger partial charge in [0.05, 0.1) is 15.7 Å². The van der Waals surface area contributed by atoms with E-state index in [1.807, 2.05) is 6.92 Å². The van der Waals surface area contributed by atoms with E-state index in [2.05, 4.69) is 15.5 Å². The summed E-state index contributed by atoms with van der Waals surface area (Å²) in [6.07, 6.45) is 6.37. The highest BCUT2D eigenvalue weighted by Gasteiger charge is 2.35. The zero-order valence-corrected chi connectivity index (χ0v) is 19.0. The highest BCUT2D eigenvalue weighted by molar-refractivity contribution is 7.89. The Morgan fingerprint density at radius 3 is 2.77 bits per heavy atom. The van der Waals surface area contributed by atoms with Gasteiger partial charge in [-0.15, -0.1) is 11.3 Å². The van der Waals surface area contributed by atoms with Gasteiger partial charge >= 0.3 is 0 Å². The van der Waals surface area contributed by atoms with E-state index in [1.54, 1.807) is 13.0 Å². The molecule has 2 aliphatic rings. The summed E-state index contributed by atoms with van der Waals surface area (Å²) >= 11 is 1.34. The molecule has 3 heterocycles. The number of aryl methyl sites for hydroxylation is 2. The number of nitrogens with one attached hydrogen (secondary N) is 1. The molecule has 10 heteroatoms. The van der Waals surface area contributed by atoms with Crippen molar-refractivity contribution in [1.82, 2.24) is 19.8 Å². The van der Waals surface area contributed by atoms with Gasteiger partial charge in [0.25, 0.3) is 0 Å². The molecule has 2 aromatic heterocycles. The monoisotopic (exact) mass is 452 g/mol. The van der Waals surface area contributed by atoms with Gasteiger partial charge in [-0.3, -0.25) is 4.79 Å². The van der Waals surface area contributed by atoms with Crippen LogP contribution in [0.4, 0.5) is 0 Å². The number of carbonyl (C=O) groups excluding carboxylic acids is 1. The summed E-state index contributed by atoms with van der Waals surface area (Å²) in [4.78, 5) is 18.6. The lowest BCUT2D eigenvalue weighted by Gasteiger charge is -2.31. The molecule has 1 saturated heterocycles. The van der Waals surface area contributed by atoms with Gasteiger partial charge in [-0.05, 0) is 38.7 Å². The van der Waals surface area contributed by atoms with Crippen LogP contribution in [-0.2, 0) is 21.2 Å². The lowest BCUT2D eigenvalue weighted by atomic mass is 9.98. The molecular weight excluding hydrogens is 424 g/mol. The van der Waals surface area contributed by atoms with Crippen molar-refractivity contribution in [2.24, 2.45) is 5.92 Å². The highest BCUT2D eigenvalue weighted by Crippen LogP contribution is 2.35. The van der Waals surface area contributed by atoms with Crippen molar-refractivity contribution in [3.8, 4) is 10.7 Å². The number of sulfonamides is 1. The van der Waals surface area contributed by atoms with Gasteiger partial charge in [-0.2, -0.15) is 9.29 Å². The van der Waals surface area contributed by atoms with Crippen LogP contribution in [0.1, 0.15) is 56.2 Å². The summed E-state index contributed by atoms with van der Waals surface area (Å²) in [5.41, 5.74) is 0. The summed E-state index contributed by atoms with van der Waals surface area (Å²) in [6, 6.07) is 1.87. The maximum absolute atomic E-state index is 13.4. The Hall–Kier alpha value is -1.78. The topological polar surface area (TPSA) is 105 Å². The first-order chi connectivity index (χ1) is 14.4. The molecule has 1 aliphatic heterocycles. The molecule has 30 heavy (non-hydrogen) atoms. The lowest BCUT2D eigenvalue weighted by molar-refractivity contribution is -0.126. The quantitative estimate of drug-likeness (QED) is 0.722. The van der Waals surface area contributed by atoms with Crippen LogP contribution in [0.5, 0.6) is 0 Å². The zero-order valence-electron chi connectivity index (χ0n) is 17.4. The van der Waals surface area contributed by atoms with E-state index in [9.17, 15) is 13.2 Å². The molecule has 1 aliphatic carbocycles. The highest BCUT2D eigenvalue weighted by atomic mass is 32.2. The van der Waals surface area contributed by atoms with Crippen LogP contribution >= 0.6 is 11.3 Å². The van der Waals surface area contributed by atoms with Crippen LogP contribution in [0, 0.1) is 12.8 Å². The Bertz CT molecular complexity index is 1010. The standard InChI is InChI=1S/C20H28N4O4S2/c1-3-18-22-19(23-28-18)16-11-17(13(2)29-16)30(26,27)24-10-6-7-14(12-24)20(25)21-15-8-4-5-9-15/h11,14-15H,3-10,12H2,1-2H3,(H,21,25). The van der Waals surface area contributed by atoms with E-state index in [-0.39, 0.29) is 29.3 Å². The van der Waals surface area contributed by atoms with Crippen LogP contribution in [0.15, 0.2) is 15.5 Å². The maximum Gasteiger partial charge on any atom is 0.244 e. The Morgan fingerprint density at radius 2 is 2.07 bits per heavy atom. The first-order valence-corrected chi connectivity index (χ1v) is 12.9. The van der Waals surface area contributed by atoms with E-state index in [1.165, 1.54) is 15.6 Å². The van der Waals surface area contributed by atoms with E-state index in [0.717, 1.165) is 32.1 Å². The second-order valence-corrected chi connectivity index (χ2v) is 11.3. The van der Waals surface area contributed by atoms with E-state index < -0.39 is 10.0 Å². The van der Waals surface area contributed by atoms with Crippen molar-refractivity contribution in [2.45, 2.75) is 69.7 Å².